The largest absolute Gasteiger partial charge is 0.412 e. The number of likely N-dealkylation sites (tertiary alicyclic amines) is 1. The third-order valence-corrected chi connectivity index (χ3v) is 8.08. The zero-order chi connectivity index (χ0) is 24.6. The number of rotatable bonds is 14. The first kappa shape index (κ1) is 26.8. The zero-order valence-corrected chi connectivity index (χ0v) is 22.4. The Morgan fingerprint density at radius 3 is 2.38 bits per heavy atom. The van der Waals surface area contributed by atoms with Gasteiger partial charge in [0.15, 0.2) is 0 Å². The average molecular weight is 473 g/mol. The van der Waals surface area contributed by atoms with Crippen LogP contribution in [0.25, 0.3) is 0 Å². The number of anilines is 1. The van der Waals surface area contributed by atoms with E-state index in [-0.39, 0.29) is 11.5 Å². The number of likely N-dealkylation sites (N-methyl/N-ethyl adjacent to an activating group) is 2. The molecule has 0 saturated carbocycles. The number of carbonyl (C=O) groups excluding carboxylic acids is 1. The van der Waals surface area contributed by atoms with E-state index in [1.165, 1.54) is 69.4 Å². The Bertz CT molecular complexity index is 782. The molecule has 34 heavy (non-hydrogen) atoms. The maximum Gasteiger partial charge on any atom is 0.412 e. The summed E-state index contributed by atoms with van der Waals surface area (Å²) in [5.41, 5.74) is 2.62. The molecule has 6 nitrogen and oxygen atoms in total. The highest BCUT2D eigenvalue weighted by Crippen LogP contribution is 2.51. The van der Waals surface area contributed by atoms with E-state index in [1.54, 1.807) is 0 Å². The lowest BCUT2D eigenvalue weighted by atomic mass is 9.81. The highest BCUT2D eigenvalue weighted by Gasteiger charge is 2.52. The summed E-state index contributed by atoms with van der Waals surface area (Å²) in [5.74, 6) is 0.641. The molecule has 1 fully saturated rings. The summed E-state index contributed by atoms with van der Waals surface area (Å²) in [6.07, 6.45) is 11.2. The summed E-state index contributed by atoms with van der Waals surface area (Å²) >= 11 is 0. The maximum absolute atomic E-state index is 12.3. The van der Waals surface area contributed by atoms with E-state index in [1.807, 2.05) is 6.07 Å². The van der Waals surface area contributed by atoms with Gasteiger partial charge in [0.2, 0.25) is 0 Å². The summed E-state index contributed by atoms with van der Waals surface area (Å²) in [7, 11) is 4.36. The molecular formula is C28H48N4O2. The van der Waals surface area contributed by atoms with Crippen molar-refractivity contribution in [3.8, 4) is 5.75 Å². The minimum atomic E-state index is -0.343. The second kappa shape index (κ2) is 12.8. The SMILES string of the molecule is CCN(CC)CCCCCCCCCCNC(=O)Oc1ccc2c(c1)[C@]1(C)CCN(C)[C@@H]1N2C. The molecule has 2 heterocycles. The highest BCUT2D eigenvalue weighted by atomic mass is 16.6. The van der Waals surface area contributed by atoms with E-state index in [0.717, 1.165) is 25.8 Å². The number of fused-ring (bicyclic) bond motifs is 3. The van der Waals surface area contributed by atoms with Crippen molar-refractivity contribution in [1.82, 2.24) is 15.1 Å². The molecule has 3 rings (SSSR count). The third-order valence-electron chi connectivity index (χ3n) is 8.08. The summed E-state index contributed by atoms with van der Waals surface area (Å²) < 4.78 is 5.63. The topological polar surface area (TPSA) is 48.1 Å². The van der Waals surface area contributed by atoms with Crippen molar-refractivity contribution in [2.45, 2.75) is 90.1 Å². The van der Waals surface area contributed by atoms with Crippen LogP contribution in [-0.4, -0.2) is 68.9 Å². The Balaban J connectivity index is 1.27. The van der Waals surface area contributed by atoms with Crippen LogP contribution >= 0.6 is 0 Å². The van der Waals surface area contributed by atoms with Gasteiger partial charge in [-0.15, -0.1) is 0 Å². The van der Waals surface area contributed by atoms with Gasteiger partial charge in [0.05, 0.1) is 6.17 Å². The molecule has 2 aliphatic heterocycles. The Morgan fingerprint density at radius 1 is 1.06 bits per heavy atom. The number of hydrogen-bond donors (Lipinski definition) is 1. The molecule has 1 aromatic rings. The van der Waals surface area contributed by atoms with Gasteiger partial charge in [-0.2, -0.15) is 0 Å². The van der Waals surface area contributed by atoms with Crippen molar-refractivity contribution in [1.29, 1.82) is 0 Å². The smallest absolute Gasteiger partial charge is 0.410 e. The molecule has 1 N–H and O–H groups in total. The van der Waals surface area contributed by atoms with Gasteiger partial charge in [0.25, 0.3) is 0 Å². The van der Waals surface area contributed by atoms with Crippen LogP contribution < -0.4 is 15.0 Å². The lowest BCUT2D eigenvalue weighted by Crippen LogP contribution is -2.45. The minimum Gasteiger partial charge on any atom is -0.410 e. The van der Waals surface area contributed by atoms with Gasteiger partial charge in [-0.05, 0) is 69.7 Å². The van der Waals surface area contributed by atoms with Crippen LogP contribution in [0.2, 0.25) is 0 Å². The molecule has 0 bridgehead atoms. The molecule has 1 amide bonds. The molecular weight excluding hydrogens is 424 g/mol. The molecule has 0 radical (unpaired) electrons. The number of amides is 1. The van der Waals surface area contributed by atoms with Crippen molar-refractivity contribution >= 4 is 11.8 Å². The first-order valence-electron chi connectivity index (χ1n) is 13.7. The van der Waals surface area contributed by atoms with Crippen LogP contribution in [0.5, 0.6) is 5.75 Å². The van der Waals surface area contributed by atoms with Gasteiger partial charge in [-0.25, -0.2) is 4.79 Å². The van der Waals surface area contributed by atoms with E-state index >= 15 is 0 Å². The number of carbonyl (C=O) groups is 1. The van der Waals surface area contributed by atoms with E-state index < -0.39 is 0 Å². The summed E-state index contributed by atoms with van der Waals surface area (Å²) in [6.45, 7) is 12.2. The predicted octanol–water partition coefficient (Wildman–Crippen LogP) is 5.61. The Kier molecular flexibility index (Phi) is 10.1. The molecule has 0 spiro atoms. The minimum absolute atomic E-state index is 0.0834. The van der Waals surface area contributed by atoms with E-state index in [0.29, 0.717) is 18.5 Å². The summed E-state index contributed by atoms with van der Waals surface area (Å²) in [5, 5.41) is 2.93. The van der Waals surface area contributed by atoms with Crippen molar-refractivity contribution in [2.75, 3.05) is 51.7 Å². The molecule has 192 valence electrons. The molecule has 6 heteroatoms. The number of benzene rings is 1. The Hall–Kier alpha value is -1.79. The van der Waals surface area contributed by atoms with Crippen molar-refractivity contribution in [3.05, 3.63) is 23.8 Å². The Morgan fingerprint density at radius 2 is 1.71 bits per heavy atom. The monoisotopic (exact) mass is 472 g/mol. The van der Waals surface area contributed by atoms with Gasteiger partial charge >= 0.3 is 6.09 Å². The van der Waals surface area contributed by atoms with Gasteiger partial charge in [0.1, 0.15) is 5.75 Å². The standard InChI is InChI=1S/C28H48N4O2/c1-6-32(7-2)20-15-13-11-9-8-10-12-14-19-29-27(33)34-23-16-17-25-24(22-23)28(3)18-21-30(4)26(28)31(25)5/h16-17,22,26H,6-15,18-21H2,1-5H3,(H,29,33)/t26-,28+/m1/s1. The second-order valence-electron chi connectivity index (χ2n) is 10.5. The van der Waals surface area contributed by atoms with E-state index in [2.05, 4.69) is 67.0 Å². The summed E-state index contributed by atoms with van der Waals surface area (Å²) in [4.78, 5) is 19.6. The zero-order valence-electron chi connectivity index (χ0n) is 22.4. The van der Waals surface area contributed by atoms with Gasteiger partial charge in [-0.1, -0.05) is 59.3 Å². The lowest BCUT2D eigenvalue weighted by molar-refractivity contribution is 0.200. The Labute approximate surface area is 208 Å². The quantitative estimate of drug-likeness (QED) is 0.357. The molecule has 1 aromatic carbocycles. The fourth-order valence-electron chi connectivity index (χ4n) is 6.01. The number of unbranched alkanes of at least 4 members (excludes halogenated alkanes) is 7. The predicted molar refractivity (Wildman–Crippen MR) is 142 cm³/mol. The molecule has 0 aromatic heterocycles. The molecule has 1 saturated heterocycles. The van der Waals surface area contributed by atoms with Crippen molar-refractivity contribution in [2.24, 2.45) is 0 Å². The van der Waals surface area contributed by atoms with Gasteiger partial charge in [0, 0.05) is 31.2 Å². The fourth-order valence-corrected chi connectivity index (χ4v) is 6.01. The molecule has 2 atom stereocenters. The second-order valence-corrected chi connectivity index (χ2v) is 10.5. The fraction of sp³-hybridized carbons (Fsp3) is 0.750. The maximum atomic E-state index is 12.3. The lowest BCUT2D eigenvalue weighted by Gasteiger charge is -2.32. The van der Waals surface area contributed by atoms with Gasteiger partial charge < -0.3 is 19.9 Å². The normalized spacial score (nSPS) is 21.7. The number of nitrogens with zero attached hydrogens (tertiary/aromatic N) is 3. The van der Waals surface area contributed by atoms with Crippen LogP contribution in [0.1, 0.15) is 84.1 Å². The number of nitrogens with one attached hydrogen (secondary N) is 1. The van der Waals surface area contributed by atoms with E-state index in [9.17, 15) is 4.79 Å². The number of ether oxygens (including phenoxy) is 1. The van der Waals surface area contributed by atoms with E-state index in [4.69, 9.17) is 4.74 Å². The first-order chi connectivity index (χ1) is 16.4. The highest BCUT2D eigenvalue weighted by molar-refractivity contribution is 5.72. The van der Waals surface area contributed by atoms with Crippen LogP contribution in [0.15, 0.2) is 18.2 Å². The van der Waals surface area contributed by atoms with Crippen molar-refractivity contribution in [3.63, 3.8) is 0 Å². The molecule has 2 aliphatic rings. The van der Waals surface area contributed by atoms with Crippen LogP contribution in [0.3, 0.4) is 0 Å². The first-order valence-corrected chi connectivity index (χ1v) is 13.7. The van der Waals surface area contributed by atoms with Crippen LogP contribution in [0, 0.1) is 0 Å². The summed E-state index contributed by atoms with van der Waals surface area (Å²) in [6, 6.07) is 6.09. The molecule has 0 aliphatic carbocycles. The van der Waals surface area contributed by atoms with Gasteiger partial charge in [-0.3, -0.25) is 4.90 Å². The van der Waals surface area contributed by atoms with Crippen LogP contribution in [-0.2, 0) is 5.41 Å². The third kappa shape index (κ3) is 6.45. The average Bonchev–Trinajstić information content (AvgIpc) is 3.25. The van der Waals surface area contributed by atoms with Crippen LogP contribution in [0.4, 0.5) is 10.5 Å². The van der Waals surface area contributed by atoms with Crippen molar-refractivity contribution < 1.29 is 9.53 Å². The molecule has 0 unspecified atom stereocenters. The number of hydrogen-bond acceptors (Lipinski definition) is 5.